The van der Waals surface area contributed by atoms with Crippen LogP contribution in [0.15, 0.2) is 18.2 Å². The van der Waals surface area contributed by atoms with Crippen molar-refractivity contribution in [3.63, 3.8) is 0 Å². The van der Waals surface area contributed by atoms with E-state index in [9.17, 15) is 4.39 Å². The van der Waals surface area contributed by atoms with Gasteiger partial charge in [0.2, 0.25) is 0 Å². The molecule has 4 nitrogen and oxygen atoms in total. The first-order valence-corrected chi connectivity index (χ1v) is 7.67. The first kappa shape index (κ1) is 14.2. The van der Waals surface area contributed by atoms with Crippen LogP contribution in [0.5, 0.6) is 0 Å². The Hall–Kier alpha value is -1.75. The predicted molar refractivity (Wildman–Crippen MR) is 79.9 cm³/mol. The average molecular weight is 288 g/mol. The summed E-state index contributed by atoms with van der Waals surface area (Å²) in [5.41, 5.74) is 1.71. The standard InChI is InChI=1S/C16H21FN4/c1-3-15-19-16(4-2)21(20-15)14-8-11(7-12(17)9-14)10-18-13-5-6-13/h7-9,13,18H,3-6,10H2,1-2H3. The Morgan fingerprint density at radius 2 is 2.05 bits per heavy atom. The summed E-state index contributed by atoms with van der Waals surface area (Å²) in [6, 6.07) is 5.71. The highest BCUT2D eigenvalue weighted by atomic mass is 19.1. The fourth-order valence-electron chi connectivity index (χ4n) is 2.38. The zero-order chi connectivity index (χ0) is 14.8. The van der Waals surface area contributed by atoms with E-state index in [4.69, 9.17) is 0 Å². The maximum atomic E-state index is 13.9. The SMILES string of the molecule is CCc1nc(CC)n(-c2cc(F)cc(CNC3CC3)c2)n1. The summed E-state index contributed by atoms with van der Waals surface area (Å²) in [5.74, 6) is 1.45. The average Bonchev–Trinajstić information content (AvgIpc) is 3.21. The lowest BCUT2D eigenvalue weighted by molar-refractivity contribution is 0.616. The number of halogens is 1. The Kier molecular flexibility index (Phi) is 4.01. The molecule has 5 heteroatoms. The van der Waals surface area contributed by atoms with E-state index in [2.05, 4.69) is 15.4 Å². The van der Waals surface area contributed by atoms with Gasteiger partial charge in [0.25, 0.3) is 0 Å². The lowest BCUT2D eigenvalue weighted by Crippen LogP contribution is -2.15. The van der Waals surface area contributed by atoms with Crippen LogP contribution < -0.4 is 5.32 Å². The molecule has 1 heterocycles. The van der Waals surface area contributed by atoms with Gasteiger partial charge in [0, 0.05) is 25.4 Å². The van der Waals surface area contributed by atoms with Crippen molar-refractivity contribution < 1.29 is 4.39 Å². The molecule has 0 spiro atoms. The topological polar surface area (TPSA) is 42.7 Å². The minimum absolute atomic E-state index is 0.226. The molecule has 1 N–H and O–H groups in total. The Bertz CT molecular complexity index is 631. The van der Waals surface area contributed by atoms with Gasteiger partial charge in [-0.05, 0) is 36.6 Å². The number of nitrogens with zero attached hydrogens (tertiary/aromatic N) is 3. The van der Waals surface area contributed by atoms with Gasteiger partial charge in [-0.15, -0.1) is 0 Å². The second-order valence-electron chi connectivity index (χ2n) is 5.54. The number of rotatable bonds is 6. The predicted octanol–water partition coefficient (Wildman–Crippen LogP) is 2.78. The van der Waals surface area contributed by atoms with Gasteiger partial charge in [-0.3, -0.25) is 0 Å². The first-order valence-electron chi connectivity index (χ1n) is 7.67. The highest BCUT2D eigenvalue weighted by Crippen LogP contribution is 2.20. The summed E-state index contributed by atoms with van der Waals surface area (Å²) < 4.78 is 15.7. The van der Waals surface area contributed by atoms with Crippen molar-refractivity contribution in [2.45, 2.75) is 52.1 Å². The number of benzene rings is 1. The summed E-state index contributed by atoms with van der Waals surface area (Å²) >= 11 is 0. The molecule has 0 bridgehead atoms. The summed E-state index contributed by atoms with van der Waals surface area (Å²) in [4.78, 5) is 4.48. The number of hydrogen-bond acceptors (Lipinski definition) is 3. The van der Waals surface area contributed by atoms with E-state index in [0.717, 1.165) is 35.7 Å². The van der Waals surface area contributed by atoms with E-state index in [1.54, 1.807) is 10.7 Å². The monoisotopic (exact) mass is 288 g/mol. The Balaban J connectivity index is 1.91. The Morgan fingerprint density at radius 1 is 1.24 bits per heavy atom. The van der Waals surface area contributed by atoms with Crippen LogP contribution in [0.4, 0.5) is 4.39 Å². The van der Waals surface area contributed by atoms with Crippen LogP contribution in [0.3, 0.4) is 0 Å². The van der Waals surface area contributed by atoms with Crippen LogP contribution in [0, 0.1) is 5.82 Å². The highest BCUT2D eigenvalue weighted by molar-refractivity contribution is 5.37. The third-order valence-corrected chi connectivity index (χ3v) is 3.71. The van der Waals surface area contributed by atoms with Crippen LogP contribution in [0.2, 0.25) is 0 Å². The molecule has 0 atom stereocenters. The molecule has 1 aliphatic carbocycles. The zero-order valence-electron chi connectivity index (χ0n) is 12.6. The lowest BCUT2D eigenvalue weighted by Gasteiger charge is -2.09. The molecule has 112 valence electrons. The van der Waals surface area contributed by atoms with Crippen molar-refractivity contribution in [1.82, 2.24) is 20.1 Å². The molecule has 1 saturated carbocycles. The van der Waals surface area contributed by atoms with Gasteiger partial charge >= 0.3 is 0 Å². The van der Waals surface area contributed by atoms with E-state index >= 15 is 0 Å². The molecule has 0 radical (unpaired) electrons. The van der Waals surface area contributed by atoms with Crippen molar-refractivity contribution in [3.8, 4) is 5.69 Å². The maximum Gasteiger partial charge on any atom is 0.151 e. The Morgan fingerprint density at radius 3 is 2.71 bits per heavy atom. The van der Waals surface area contributed by atoms with Crippen LogP contribution >= 0.6 is 0 Å². The van der Waals surface area contributed by atoms with E-state index in [0.29, 0.717) is 12.6 Å². The number of hydrogen-bond donors (Lipinski definition) is 1. The quantitative estimate of drug-likeness (QED) is 0.889. The fraction of sp³-hybridized carbons (Fsp3) is 0.500. The molecule has 0 aliphatic heterocycles. The Labute approximate surface area is 124 Å². The third kappa shape index (κ3) is 3.29. The van der Waals surface area contributed by atoms with Crippen molar-refractivity contribution >= 4 is 0 Å². The summed E-state index contributed by atoms with van der Waals surface area (Å²) in [5, 5.41) is 7.89. The van der Waals surface area contributed by atoms with E-state index in [-0.39, 0.29) is 5.82 Å². The second-order valence-corrected chi connectivity index (χ2v) is 5.54. The van der Waals surface area contributed by atoms with Gasteiger partial charge in [-0.25, -0.2) is 14.1 Å². The van der Waals surface area contributed by atoms with E-state index in [1.165, 1.54) is 18.9 Å². The van der Waals surface area contributed by atoms with Crippen molar-refractivity contribution in [3.05, 3.63) is 41.2 Å². The molecule has 0 unspecified atom stereocenters. The zero-order valence-corrected chi connectivity index (χ0v) is 12.6. The van der Waals surface area contributed by atoms with Crippen LogP contribution in [0.25, 0.3) is 5.69 Å². The molecule has 21 heavy (non-hydrogen) atoms. The minimum Gasteiger partial charge on any atom is -0.310 e. The molecular formula is C16H21FN4. The summed E-state index contributed by atoms with van der Waals surface area (Å²) in [6.07, 6.45) is 4.01. The summed E-state index contributed by atoms with van der Waals surface area (Å²) in [6.45, 7) is 4.76. The maximum absolute atomic E-state index is 13.9. The molecule has 1 fully saturated rings. The molecule has 3 rings (SSSR count). The molecule has 1 aromatic carbocycles. The largest absolute Gasteiger partial charge is 0.310 e. The van der Waals surface area contributed by atoms with Gasteiger partial charge in [-0.2, -0.15) is 5.10 Å². The van der Waals surface area contributed by atoms with Gasteiger partial charge in [-0.1, -0.05) is 13.8 Å². The molecule has 2 aromatic rings. The number of aromatic nitrogens is 3. The molecular weight excluding hydrogens is 267 g/mol. The summed E-state index contributed by atoms with van der Waals surface area (Å²) in [7, 11) is 0. The van der Waals surface area contributed by atoms with E-state index in [1.807, 2.05) is 19.9 Å². The lowest BCUT2D eigenvalue weighted by atomic mass is 10.2. The van der Waals surface area contributed by atoms with Crippen LogP contribution in [-0.2, 0) is 19.4 Å². The fourth-order valence-corrected chi connectivity index (χ4v) is 2.38. The number of aryl methyl sites for hydroxylation is 2. The molecule has 1 aliphatic rings. The minimum atomic E-state index is -0.226. The third-order valence-electron chi connectivity index (χ3n) is 3.71. The molecule has 0 amide bonds. The van der Waals surface area contributed by atoms with Crippen molar-refractivity contribution in [2.24, 2.45) is 0 Å². The van der Waals surface area contributed by atoms with Gasteiger partial charge < -0.3 is 5.32 Å². The molecule has 0 saturated heterocycles. The number of nitrogens with one attached hydrogen (secondary N) is 1. The highest BCUT2D eigenvalue weighted by Gasteiger charge is 2.20. The normalized spacial score (nSPS) is 14.6. The smallest absolute Gasteiger partial charge is 0.151 e. The van der Waals surface area contributed by atoms with Gasteiger partial charge in [0.05, 0.1) is 5.69 Å². The van der Waals surface area contributed by atoms with E-state index < -0.39 is 0 Å². The second kappa shape index (κ2) is 5.93. The van der Waals surface area contributed by atoms with Gasteiger partial charge in [0.1, 0.15) is 11.6 Å². The van der Waals surface area contributed by atoms with Crippen LogP contribution in [-0.4, -0.2) is 20.8 Å². The van der Waals surface area contributed by atoms with Crippen molar-refractivity contribution in [1.29, 1.82) is 0 Å². The van der Waals surface area contributed by atoms with Gasteiger partial charge in [0.15, 0.2) is 5.82 Å². The molecule has 1 aromatic heterocycles. The first-order chi connectivity index (χ1) is 10.2. The van der Waals surface area contributed by atoms with Crippen molar-refractivity contribution in [2.75, 3.05) is 0 Å². The van der Waals surface area contributed by atoms with Crippen LogP contribution in [0.1, 0.15) is 43.9 Å².